The predicted molar refractivity (Wildman–Crippen MR) is 76.7 cm³/mol. The first kappa shape index (κ1) is 15.0. The topological polar surface area (TPSA) is 58.6 Å². The van der Waals surface area contributed by atoms with Gasteiger partial charge >= 0.3 is 0 Å². The zero-order valence-electron chi connectivity index (χ0n) is 11.5. The first-order chi connectivity index (χ1) is 10.1. The Hall–Kier alpha value is -2.40. The molecule has 2 aromatic rings. The molecule has 0 saturated heterocycles. The second-order valence-electron chi connectivity index (χ2n) is 4.51. The number of halogens is 1. The van der Waals surface area contributed by atoms with Crippen molar-refractivity contribution in [1.29, 1.82) is 0 Å². The van der Waals surface area contributed by atoms with Gasteiger partial charge in [0.15, 0.2) is 0 Å². The Labute approximate surface area is 122 Å². The lowest BCUT2D eigenvalue weighted by Gasteiger charge is -2.12. The fourth-order valence-corrected chi connectivity index (χ4v) is 1.86. The molecule has 0 aliphatic carbocycles. The van der Waals surface area contributed by atoms with Crippen LogP contribution in [0.3, 0.4) is 0 Å². The van der Waals surface area contributed by atoms with E-state index in [4.69, 9.17) is 4.74 Å². The maximum absolute atomic E-state index is 12.8. The summed E-state index contributed by atoms with van der Waals surface area (Å²) in [5.41, 5.74) is 0.989. The molecule has 0 radical (unpaired) electrons. The summed E-state index contributed by atoms with van der Waals surface area (Å²) in [6, 6.07) is 12.2. The molecule has 0 fully saturated rings. The Kier molecular flexibility index (Phi) is 4.90. The number of aliphatic hydroxyl groups is 1. The van der Waals surface area contributed by atoms with Crippen LogP contribution >= 0.6 is 0 Å². The van der Waals surface area contributed by atoms with E-state index in [-0.39, 0.29) is 18.3 Å². The Balaban J connectivity index is 1.95. The zero-order valence-corrected chi connectivity index (χ0v) is 11.5. The highest BCUT2D eigenvalue weighted by atomic mass is 19.1. The van der Waals surface area contributed by atoms with Crippen LogP contribution in [0.2, 0.25) is 0 Å². The van der Waals surface area contributed by atoms with Crippen LogP contribution in [0.5, 0.6) is 5.75 Å². The predicted octanol–water partition coefficient (Wildman–Crippen LogP) is 2.30. The highest BCUT2D eigenvalue weighted by molar-refractivity contribution is 5.94. The van der Waals surface area contributed by atoms with E-state index >= 15 is 0 Å². The van der Waals surface area contributed by atoms with Crippen molar-refractivity contribution in [2.45, 2.75) is 6.10 Å². The molecule has 21 heavy (non-hydrogen) atoms. The summed E-state index contributed by atoms with van der Waals surface area (Å²) in [7, 11) is 1.52. The molecule has 0 aromatic heterocycles. The largest absolute Gasteiger partial charge is 0.497 e. The maximum Gasteiger partial charge on any atom is 0.251 e. The monoisotopic (exact) mass is 289 g/mol. The summed E-state index contributed by atoms with van der Waals surface area (Å²) in [6.45, 7) is 0.0433. The van der Waals surface area contributed by atoms with Gasteiger partial charge in [-0.25, -0.2) is 4.39 Å². The summed E-state index contributed by atoms with van der Waals surface area (Å²) >= 11 is 0. The van der Waals surface area contributed by atoms with Crippen LogP contribution in [0.1, 0.15) is 22.0 Å². The maximum atomic E-state index is 12.8. The molecule has 4 nitrogen and oxygen atoms in total. The van der Waals surface area contributed by atoms with Gasteiger partial charge in [-0.05, 0) is 35.9 Å². The quantitative estimate of drug-likeness (QED) is 0.888. The SMILES string of the molecule is COc1cccc(C(=O)NCC(O)c2ccc(F)cc2)c1. The number of carbonyl (C=O) groups excluding carboxylic acids is 1. The standard InChI is InChI=1S/C16H16FNO3/c1-21-14-4-2-3-12(9-14)16(20)18-10-15(19)11-5-7-13(17)8-6-11/h2-9,15,19H,10H2,1H3,(H,18,20). The summed E-state index contributed by atoms with van der Waals surface area (Å²) in [5.74, 6) is -0.0943. The minimum Gasteiger partial charge on any atom is -0.497 e. The summed E-state index contributed by atoms with van der Waals surface area (Å²) < 4.78 is 17.8. The van der Waals surface area contributed by atoms with Gasteiger partial charge in [0.05, 0.1) is 13.2 Å². The molecule has 1 atom stereocenters. The Morgan fingerprint density at radius 3 is 2.67 bits per heavy atom. The Morgan fingerprint density at radius 1 is 1.29 bits per heavy atom. The Morgan fingerprint density at radius 2 is 2.00 bits per heavy atom. The molecule has 5 heteroatoms. The third-order valence-corrected chi connectivity index (χ3v) is 3.04. The zero-order chi connectivity index (χ0) is 15.2. The van der Waals surface area contributed by atoms with Gasteiger partial charge in [-0.15, -0.1) is 0 Å². The number of aliphatic hydroxyl groups excluding tert-OH is 1. The van der Waals surface area contributed by atoms with Crippen molar-refractivity contribution >= 4 is 5.91 Å². The highest BCUT2D eigenvalue weighted by Crippen LogP contribution is 2.14. The molecule has 110 valence electrons. The van der Waals surface area contributed by atoms with E-state index in [1.807, 2.05) is 0 Å². The van der Waals surface area contributed by atoms with Crippen LogP contribution < -0.4 is 10.1 Å². The van der Waals surface area contributed by atoms with Crippen LogP contribution in [0, 0.1) is 5.82 Å². The Bertz CT molecular complexity index is 613. The number of amides is 1. The number of rotatable bonds is 5. The van der Waals surface area contributed by atoms with Gasteiger partial charge in [-0.2, -0.15) is 0 Å². The average Bonchev–Trinajstić information content (AvgIpc) is 2.53. The van der Waals surface area contributed by atoms with E-state index < -0.39 is 6.10 Å². The minimum absolute atomic E-state index is 0.0433. The molecular formula is C16H16FNO3. The molecule has 0 spiro atoms. The molecule has 2 aromatic carbocycles. The fraction of sp³-hybridized carbons (Fsp3) is 0.188. The lowest BCUT2D eigenvalue weighted by Crippen LogP contribution is -2.28. The van der Waals surface area contributed by atoms with Crippen molar-refractivity contribution in [1.82, 2.24) is 5.32 Å². The molecular weight excluding hydrogens is 273 g/mol. The van der Waals surface area contributed by atoms with E-state index in [0.29, 0.717) is 16.9 Å². The lowest BCUT2D eigenvalue weighted by atomic mass is 10.1. The number of hydrogen-bond donors (Lipinski definition) is 2. The number of methoxy groups -OCH3 is 1. The highest BCUT2D eigenvalue weighted by Gasteiger charge is 2.11. The van der Waals surface area contributed by atoms with Gasteiger partial charge < -0.3 is 15.2 Å². The third-order valence-electron chi connectivity index (χ3n) is 3.04. The molecule has 2 N–H and O–H groups in total. The number of ether oxygens (including phenoxy) is 1. The molecule has 1 amide bonds. The van der Waals surface area contributed by atoms with Crippen LogP contribution in [0.15, 0.2) is 48.5 Å². The van der Waals surface area contributed by atoms with Gasteiger partial charge in [-0.3, -0.25) is 4.79 Å². The van der Waals surface area contributed by atoms with Crippen molar-refractivity contribution in [3.8, 4) is 5.75 Å². The van der Waals surface area contributed by atoms with Gasteiger partial charge in [0, 0.05) is 12.1 Å². The van der Waals surface area contributed by atoms with E-state index in [9.17, 15) is 14.3 Å². The van der Waals surface area contributed by atoms with Crippen molar-refractivity contribution in [3.05, 3.63) is 65.5 Å². The van der Waals surface area contributed by atoms with Crippen molar-refractivity contribution in [3.63, 3.8) is 0 Å². The van der Waals surface area contributed by atoms with Gasteiger partial charge in [0.2, 0.25) is 0 Å². The summed E-state index contributed by atoms with van der Waals surface area (Å²) in [4.78, 5) is 12.0. The van der Waals surface area contributed by atoms with Crippen molar-refractivity contribution in [2.75, 3.05) is 13.7 Å². The minimum atomic E-state index is -0.889. The van der Waals surface area contributed by atoms with Crippen LogP contribution in [-0.4, -0.2) is 24.7 Å². The number of nitrogens with one attached hydrogen (secondary N) is 1. The number of benzene rings is 2. The van der Waals surface area contributed by atoms with Crippen LogP contribution in [0.25, 0.3) is 0 Å². The first-order valence-corrected chi connectivity index (χ1v) is 6.46. The van der Waals surface area contributed by atoms with Crippen molar-refractivity contribution in [2.24, 2.45) is 0 Å². The van der Waals surface area contributed by atoms with Gasteiger partial charge in [0.25, 0.3) is 5.91 Å². The average molecular weight is 289 g/mol. The number of carbonyl (C=O) groups is 1. The molecule has 0 aliphatic rings. The molecule has 0 bridgehead atoms. The van der Waals surface area contributed by atoms with Crippen LogP contribution in [0.4, 0.5) is 4.39 Å². The molecule has 0 aliphatic heterocycles. The van der Waals surface area contributed by atoms with E-state index in [1.165, 1.54) is 31.4 Å². The molecule has 0 heterocycles. The normalized spacial score (nSPS) is 11.8. The van der Waals surface area contributed by atoms with E-state index in [0.717, 1.165) is 0 Å². The van der Waals surface area contributed by atoms with Crippen LogP contribution in [-0.2, 0) is 0 Å². The second kappa shape index (κ2) is 6.85. The van der Waals surface area contributed by atoms with Gasteiger partial charge in [-0.1, -0.05) is 18.2 Å². The molecule has 0 saturated carbocycles. The van der Waals surface area contributed by atoms with E-state index in [1.54, 1.807) is 24.3 Å². The van der Waals surface area contributed by atoms with E-state index in [2.05, 4.69) is 5.32 Å². The third kappa shape index (κ3) is 4.03. The number of hydrogen-bond acceptors (Lipinski definition) is 3. The smallest absolute Gasteiger partial charge is 0.251 e. The summed E-state index contributed by atoms with van der Waals surface area (Å²) in [5, 5.41) is 12.6. The molecule has 1 unspecified atom stereocenters. The van der Waals surface area contributed by atoms with Crippen molar-refractivity contribution < 1.29 is 19.0 Å². The first-order valence-electron chi connectivity index (χ1n) is 6.46. The lowest BCUT2D eigenvalue weighted by molar-refractivity contribution is 0.0916. The summed E-state index contributed by atoms with van der Waals surface area (Å²) in [6.07, 6.45) is -0.889. The molecule has 2 rings (SSSR count). The fourth-order valence-electron chi connectivity index (χ4n) is 1.86. The second-order valence-corrected chi connectivity index (χ2v) is 4.51. The van der Waals surface area contributed by atoms with Gasteiger partial charge in [0.1, 0.15) is 11.6 Å².